The number of alkyl halides is 2. The molecular formula is C7H10F2N2O. The molecule has 0 fully saturated rings. The smallest absolute Gasteiger partial charge is 0.315 e. The molecule has 5 heteroatoms. The van der Waals surface area contributed by atoms with Crippen LogP contribution in [-0.4, -0.2) is 18.4 Å². The Morgan fingerprint density at radius 3 is 2.58 bits per heavy atom. The Labute approximate surface area is 69.4 Å². The molecule has 0 radical (unpaired) electrons. The summed E-state index contributed by atoms with van der Waals surface area (Å²) in [5, 5.41) is 10.3. The number of carbonyl (C=O) groups excluding carboxylic acids is 1. The van der Waals surface area contributed by atoms with Gasteiger partial charge in [-0.25, -0.2) is 0 Å². The largest absolute Gasteiger partial charge is 0.347 e. The SMILES string of the molecule is CCC(CC#N)NC(=O)C(F)F. The first-order chi connectivity index (χ1) is 5.61. The molecule has 12 heavy (non-hydrogen) atoms. The number of hydrogen-bond donors (Lipinski definition) is 1. The normalized spacial score (nSPS) is 12.2. The first kappa shape index (κ1) is 10.8. The van der Waals surface area contributed by atoms with E-state index in [4.69, 9.17) is 5.26 Å². The van der Waals surface area contributed by atoms with E-state index in [1.54, 1.807) is 13.0 Å². The van der Waals surface area contributed by atoms with Crippen molar-refractivity contribution in [1.82, 2.24) is 5.32 Å². The Bertz CT molecular complexity index is 188. The lowest BCUT2D eigenvalue weighted by Crippen LogP contribution is -2.37. The molecule has 0 heterocycles. The van der Waals surface area contributed by atoms with Crippen LogP contribution in [0.5, 0.6) is 0 Å². The van der Waals surface area contributed by atoms with Gasteiger partial charge < -0.3 is 5.32 Å². The van der Waals surface area contributed by atoms with E-state index in [9.17, 15) is 13.6 Å². The van der Waals surface area contributed by atoms with Crippen molar-refractivity contribution in [3.8, 4) is 6.07 Å². The van der Waals surface area contributed by atoms with Gasteiger partial charge in [0.2, 0.25) is 0 Å². The van der Waals surface area contributed by atoms with Gasteiger partial charge in [0, 0.05) is 6.04 Å². The lowest BCUT2D eigenvalue weighted by molar-refractivity contribution is -0.132. The van der Waals surface area contributed by atoms with Gasteiger partial charge in [-0.15, -0.1) is 0 Å². The molecule has 0 aromatic carbocycles. The van der Waals surface area contributed by atoms with Crippen molar-refractivity contribution in [2.75, 3.05) is 0 Å². The maximum atomic E-state index is 11.7. The van der Waals surface area contributed by atoms with Crippen molar-refractivity contribution in [3.63, 3.8) is 0 Å². The fourth-order valence-corrected chi connectivity index (χ4v) is 0.672. The third-order valence-corrected chi connectivity index (χ3v) is 1.38. The summed E-state index contributed by atoms with van der Waals surface area (Å²) in [5.41, 5.74) is 0. The van der Waals surface area contributed by atoms with Crippen LogP contribution in [0.25, 0.3) is 0 Å². The summed E-state index contributed by atoms with van der Waals surface area (Å²) in [7, 11) is 0. The van der Waals surface area contributed by atoms with Crippen LogP contribution in [0.15, 0.2) is 0 Å². The van der Waals surface area contributed by atoms with Crippen molar-refractivity contribution in [1.29, 1.82) is 5.26 Å². The van der Waals surface area contributed by atoms with Gasteiger partial charge in [0.1, 0.15) is 0 Å². The molecule has 1 amide bonds. The predicted molar refractivity (Wildman–Crippen MR) is 38.5 cm³/mol. The molecule has 0 saturated heterocycles. The number of amides is 1. The van der Waals surface area contributed by atoms with Crippen LogP contribution >= 0.6 is 0 Å². The highest BCUT2D eigenvalue weighted by atomic mass is 19.3. The number of nitrogens with one attached hydrogen (secondary N) is 1. The molecule has 0 saturated carbocycles. The summed E-state index contributed by atoms with van der Waals surface area (Å²) >= 11 is 0. The summed E-state index contributed by atoms with van der Waals surface area (Å²) < 4.78 is 23.3. The Morgan fingerprint density at radius 1 is 1.67 bits per heavy atom. The number of carbonyl (C=O) groups is 1. The average Bonchev–Trinajstić information content (AvgIpc) is 2.03. The van der Waals surface area contributed by atoms with Gasteiger partial charge in [-0.05, 0) is 6.42 Å². The van der Waals surface area contributed by atoms with E-state index in [2.05, 4.69) is 5.32 Å². The van der Waals surface area contributed by atoms with Crippen LogP contribution in [-0.2, 0) is 4.79 Å². The summed E-state index contributed by atoms with van der Waals surface area (Å²) in [6, 6.07) is 1.34. The Hall–Kier alpha value is -1.18. The number of nitrogens with zero attached hydrogens (tertiary/aromatic N) is 1. The summed E-state index contributed by atoms with van der Waals surface area (Å²) in [6.07, 6.45) is -2.46. The van der Waals surface area contributed by atoms with Crippen LogP contribution in [0.2, 0.25) is 0 Å². The van der Waals surface area contributed by atoms with Crippen LogP contribution in [0.4, 0.5) is 8.78 Å². The molecule has 0 spiro atoms. The minimum absolute atomic E-state index is 0.0644. The zero-order chi connectivity index (χ0) is 9.56. The molecule has 1 unspecified atom stereocenters. The molecule has 0 aliphatic rings. The fourth-order valence-electron chi connectivity index (χ4n) is 0.672. The highest BCUT2D eigenvalue weighted by Gasteiger charge is 2.18. The Kier molecular flexibility index (Phi) is 4.93. The monoisotopic (exact) mass is 176 g/mol. The fraction of sp³-hybridized carbons (Fsp3) is 0.714. The van der Waals surface area contributed by atoms with Gasteiger partial charge in [-0.3, -0.25) is 4.79 Å². The second-order valence-corrected chi connectivity index (χ2v) is 2.28. The van der Waals surface area contributed by atoms with E-state index >= 15 is 0 Å². The second kappa shape index (κ2) is 5.47. The highest BCUT2D eigenvalue weighted by molar-refractivity contribution is 5.79. The van der Waals surface area contributed by atoms with Crippen molar-refractivity contribution >= 4 is 5.91 Å². The molecule has 68 valence electrons. The highest BCUT2D eigenvalue weighted by Crippen LogP contribution is 1.99. The van der Waals surface area contributed by atoms with E-state index < -0.39 is 18.4 Å². The second-order valence-electron chi connectivity index (χ2n) is 2.28. The number of halogens is 2. The zero-order valence-electron chi connectivity index (χ0n) is 6.68. The molecule has 0 rings (SSSR count). The van der Waals surface area contributed by atoms with E-state index in [0.29, 0.717) is 6.42 Å². The van der Waals surface area contributed by atoms with Crippen molar-refractivity contribution in [3.05, 3.63) is 0 Å². The van der Waals surface area contributed by atoms with E-state index in [-0.39, 0.29) is 6.42 Å². The van der Waals surface area contributed by atoms with Gasteiger partial charge in [-0.2, -0.15) is 14.0 Å². The molecule has 0 aliphatic heterocycles. The molecule has 1 N–H and O–H groups in total. The zero-order valence-corrected chi connectivity index (χ0v) is 6.68. The topological polar surface area (TPSA) is 52.9 Å². The van der Waals surface area contributed by atoms with Gasteiger partial charge in [-0.1, -0.05) is 6.92 Å². The lowest BCUT2D eigenvalue weighted by Gasteiger charge is -2.12. The van der Waals surface area contributed by atoms with E-state index in [1.165, 1.54) is 0 Å². The van der Waals surface area contributed by atoms with Crippen LogP contribution in [0.1, 0.15) is 19.8 Å². The third-order valence-electron chi connectivity index (χ3n) is 1.38. The Balaban J connectivity index is 3.87. The van der Waals surface area contributed by atoms with Crippen molar-refractivity contribution in [2.24, 2.45) is 0 Å². The quantitative estimate of drug-likeness (QED) is 0.696. The molecular weight excluding hydrogens is 166 g/mol. The lowest BCUT2D eigenvalue weighted by atomic mass is 10.2. The summed E-state index contributed by atoms with van der Waals surface area (Å²) in [6.45, 7) is 1.72. The maximum Gasteiger partial charge on any atom is 0.315 e. The van der Waals surface area contributed by atoms with Crippen LogP contribution < -0.4 is 5.32 Å². The molecule has 0 aromatic rings. The van der Waals surface area contributed by atoms with Crippen molar-refractivity contribution < 1.29 is 13.6 Å². The molecule has 0 bridgehead atoms. The maximum absolute atomic E-state index is 11.7. The standard InChI is InChI=1S/C7H10F2N2O/c1-2-5(3-4-10)11-7(12)6(8)9/h5-6H,2-3H2,1H3,(H,11,12). The molecule has 1 atom stereocenters. The Morgan fingerprint density at radius 2 is 2.25 bits per heavy atom. The number of nitriles is 1. The minimum Gasteiger partial charge on any atom is -0.347 e. The van der Waals surface area contributed by atoms with E-state index in [1.807, 2.05) is 0 Å². The summed E-state index contributed by atoms with van der Waals surface area (Å²) in [4.78, 5) is 10.4. The van der Waals surface area contributed by atoms with Gasteiger partial charge in [0.05, 0.1) is 12.5 Å². The third kappa shape index (κ3) is 3.86. The molecule has 0 aliphatic carbocycles. The number of hydrogen-bond acceptors (Lipinski definition) is 2. The van der Waals surface area contributed by atoms with Gasteiger partial charge in [0.15, 0.2) is 0 Å². The van der Waals surface area contributed by atoms with Crippen LogP contribution in [0, 0.1) is 11.3 Å². The van der Waals surface area contributed by atoms with Crippen LogP contribution in [0.3, 0.4) is 0 Å². The predicted octanol–water partition coefficient (Wildman–Crippen LogP) is 1.06. The number of rotatable bonds is 4. The molecule has 3 nitrogen and oxygen atoms in total. The van der Waals surface area contributed by atoms with Crippen molar-refractivity contribution in [2.45, 2.75) is 32.2 Å². The first-order valence-electron chi connectivity index (χ1n) is 3.57. The van der Waals surface area contributed by atoms with Gasteiger partial charge >= 0.3 is 6.43 Å². The average molecular weight is 176 g/mol. The molecule has 0 aromatic heterocycles. The first-order valence-corrected chi connectivity index (χ1v) is 3.57. The van der Waals surface area contributed by atoms with Gasteiger partial charge in [0.25, 0.3) is 5.91 Å². The summed E-state index contributed by atoms with van der Waals surface area (Å²) in [5.74, 6) is -1.31. The van der Waals surface area contributed by atoms with E-state index in [0.717, 1.165) is 0 Å². The minimum atomic E-state index is -3.00.